The van der Waals surface area contributed by atoms with E-state index in [1.54, 1.807) is 6.26 Å². The zero-order chi connectivity index (χ0) is 25.4. The van der Waals surface area contributed by atoms with E-state index in [-0.39, 0.29) is 11.1 Å². The first-order valence-corrected chi connectivity index (χ1v) is 15.2. The van der Waals surface area contributed by atoms with E-state index in [9.17, 15) is 5.11 Å². The predicted molar refractivity (Wildman–Crippen MR) is 143 cm³/mol. The first-order chi connectivity index (χ1) is 17.2. The maximum atomic E-state index is 10.6. The molecule has 3 aliphatic heterocycles. The quantitative estimate of drug-likeness (QED) is 0.564. The van der Waals surface area contributed by atoms with Crippen LogP contribution in [0.3, 0.4) is 0 Å². The minimum Gasteiger partial charge on any atom is -0.467 e. The molecule has 0 saturated carbocycles. The van der Waals surface area contributed by atoms with Crippen LogP contribution in [0.1, 0.15) is 59.8 Å². The van der Waals surface area contributed by atoms with Gasteiger partial charge in [-0.2, -0.15) is 0 Å². The second kappa shape index (κ2) is 9.73. The topological polar surface area (TPSA) is 57.2 Å². The van der Waals surface area contributed by atoms with Crippen LogP contribution >= 0.6 is 0 Å². The Balaban J connectivity index is 1.33. The Morgan fingerprint density at radius 2 is 1.64 bits per heavy atom. The SMILES string of the molecule is C[C@@H]1CC2(CCC3(OC=CC[C@@H]3O)O2)O[C@@H]1CCO[Si](c1ccccc1)(c1ccccc1)C(C)(C)C. The van der Waals surface area contributed by atoms with E-state index in [0.29, 0.717) is 25.4 Å². The van der Waals surface area contributed by atoms with Crippen molar-refractivity contribution in [2.24, 2.45) is 5.92 Å². The van der Waals surface area contributed by atoms with E-state index in [4.69, 9.17) is 18.6 Å². The molecule has 0 bridgehead atoms. The second-order valence-corrected chi connectivity index (χ2v) is 16.0. The molecule has 6 heteroatoms. The highest BCUT2D eigenvalue weighted by atomic mass is 28.4. The van der Waals surface area contributed by atoms with Crippen molar-refractivity contribution in [1.29, 1.82) is 0 Å². The molecular weight excluding hydrogens is 468 g/mol. The van der Waals surface area contributed by atoms with E-state index in [1.807, 2.05) is 6.08 Å². The zero-order valence-electron chi connectivity index (χ0n) is 22.0. The van der Waals surface area contributed by atoms with E-state index >= 15 is 0 Å². The lowest BCUT2D eigenvalue weighted by atomic mass is 9.96. The molecule has 2 saturated heterocycles. The fraction of sp³-hybridized carbons (Fsp3) is 0.533. The van der Waals surface area contributed by atoms with E-state index in [0.717, 1.165) is 19.3 Å². The molecule has 1 N–H and O–H groups in total. The summed E-state index contributed by atoms with van der Waals surface area (Å²) in [4.78, 5) is 0. The Labute approximate surface area is 216 Å². The molecule has 2 spiro atoms. The van der Waals surface area contributed by atoms with Crippen molar-refractivity contribution in [2.45, 2.75) is 88.6 Å². The lowest BCUT2D eigenvalue weighted by Gasteiger charge is -2.43. The predicted octanol–water partition coefficient (Wildman–Crippen LogP) is 4.88. The van der Waals surface area contributed by atoms with E-state index in [1.165, 1.54) is 10.4 Å². The molecule has 3 aliphatic rings. The monoisotopic (exact) mass is 508 g/mol. The molecule has 0 aliphatic carbocycles. The molecule has 0 aromatic heterocycles. The van der Waals surface area contributed by atoms with Gasteiger partial charge in [0.25, 0.3) is 8.32 Å². The molecule has 2 aromatic rings. The molecule has 194 valence electrons. The van der Waals surface area contributed by atoms with Gasteiger partial charge < -0.3 is 23.7 Å². The minimum absolute atomic E-state index is 0.0367. The fourth-order valence-corrected chi connectivity index (χ4v) is 11.0. The van der Waals surface area contributed by atoms with Crippen LogP contribution in [-0.4, -0.2) is 43.8 Å². The van der Waals surface area contributed by atoms with Crippen LogP contribution in [0.2, 0.25) is 5.04 Å². The summed E-state index contributed by atoms with van der Waals surface area (Å²) in [5, 5.41) is 13.1. The zero-order valence-corrected chi connectivity index (χ0v) is 23.0. The summed E-state index contributed by atoms with van der Waals surface area (Å²) in [5.74, 6) is -1.33. The Hall–Kier alpha value is -1.96. The van der Waals surface area contributed by atoms with Crippen LogP contribution in [0, 0.1) is 5.92 Å². The number of hydrogen-bond acceptors (Lipinski definition) is 5. The number of rotatable bonds is 6. The molecule has 2 fully saturated rings. The van der Waals surface area contributed by atoms with Crippen molar-refractivity contribution < 1.29 is 23.7 Å². The molecule has 36 heavy (non-hydrogen) atoms. The summed E-state index contributed by atoms with van der Waals surface area (Å²) in [6.07, 6.45) is 6.37. The number of ether oxygens (including phenoxy) is 3. The van der Waals surface area contributed by atoms with Crippen molar-refractivity contribution in [3.8, 4) is 0 Å². The Morgan fingerprint density at radius 1 is 1.00 bits per heavy atom. The standard InChI is InChI=1S/C30H40O5Si/c1-23-22-29(18-19-30(35-29)27(31)16-11-20-32-30)34-26(23)17-21-33-36(28(2,3)4,24-12-7-5-8-13-24)25-14-9-6-10-15-25/h5-15,20,23,26-27,31H,16-19,21-22H2,1-4H3/t23-,26-,27+,29?,30?/m1/s1. The number of aliphatic hydroxyl groups is 1. The third kappa shape index (κ3) is 4.48. The van der Waals surface area contributed by atoms with Gasteiger partial charge in [0.15, 0.2) is 5.79 Å². The smallest absolute Gasteiger partial charge is 0.261 e. The van der Waals surface area contributed by atoms with Gasteiger partial charge in [-0.1, -0.05) is 88.4 Å². The van der Waals surface area contributed by atoms with Crippen LogP contribution in [0.15, 0.2) is 73.0 Å². The molecule has 2 unspecified atom stereocenters. The van der Waals surface area contributed by atoms with Crippen LogP contribution < -0.4 is 10.4 Å². The summed E-state index contributed by atoms with van der Waals surface area (Å²) >= 11 is 0. The summed E-state index contributed by atoms with van der Waals surface area (Å²) < 4.78 is 25.9. The first kappa shape index (κ1) is 25.7. The van der Waals surface area contributed by atoms with Crippen molar-refractivity contribution in [2.75, 3.05) is 6.61 Å². The maximum Gasteiger partial charge on any atom is 0.261 e. The van der Waals surface area contributed by atoms with Gasteiger partial charge in [0, 0.05) is 32.3 Å². The normalized spacial score (nSPS) is 32.3. The van der Waals surface area contributed by atoms with E-state index < -0.39 is 26.0 Å². The Kier molecular flexibility index (Phi) is 6.94. The van der Waals surface area contributed by atoms with Crippen LogP contribution in [0.5, 0.6) is 0 Å². The van der Waals surface area contributed by atoms with E-state index in [2.05, 4.69) is 88.4 Å². The third-order valence-corrected chi connectivity index (χ3v) is 13.3. The first-order valence-electron chi connectivity index (χ1n) is 13.3. The lowest BCUT2D eigenvalue weighted by molar-refractivity contribution is -0.328. The van der Waals surface area contributed by atoms with Crippen LogP contribution in [-0.2, 0) is 18.6 Å². The highest BCUT2D eigenvalue weighted by Crippen LogP contribution is 2.51. The largest absolute Gasteiger partial charge is 0.467 e. The molecule has 5 nitrogen and oxygen atoms in total. The molecule has 0 amide bonds. The molecule has 5 rings (SSSR count). The molecule has 3 heterocycles. The van der Waals surface area contributed by atoms with Crippen LogP contribution in [0.25, 0.3) is 0 Å². The highest BCUT2D eigenvalue weighted by molar-refractivity contribution is 6.99. The second-order valence-electron chi connectivity index (χ2n) is 11.7. The van der Waals surface area contributed by atoms with Crippen molar-refractivity contribution >= 4 is 18.7 Å². The van der Waals surface area contributed by atoms with Crippen molar-refractivity contribution in [3.63, 3.8) is 0 Å². The van der Waals surface area contributed by atoms with Gasteiger partial charge >= 0.3 is 0 Å². The lowest BCUT2D eigenvalue weighted by Crippen LogP contribution is -2.66. The van der Waals surface area contributed by atoms with Crippen molar-refractivity contribution in [3.05, 3.63) is 73.0 Å². The van der Waals surface area contributed by atoms with Crippen LogP contribution in [0.4, 0.5) is 0 Å². The number of benzene rings is 2. The van der Waals surface area contributed by atoms with Gasteiger partial charge in [-0.3, -0.25) is 0 Å². The van der Waals surface area contributed by atoms with Gasteiger partial charge in [-0.15, -0.1) is 0 Å². The summed E-state index contributed by atoms with van der Waals surface area (Å²) in [7, 11) is -2.57. The Bertz CT molecular complexity index is 1010. The summed E-state index contributed by atoms with van der Waals surface area (Å²) in [6.45, 7) is 9.76. The minimum atomic E-state index is -2.57. The summed E-state index contributed by atoms with van der Waals surface area (Å²) in [6, 6.07) is 21.5. The maximum absolute atomic E-state index is 10.6. The molecule has 5 atom stereocenters. The average molecular weight is 509 g/mol. The number of aliphatic hydroxyl groups excluding tert-OH is 1. The Morgan fingerprint density at radius 3 is 2.22 bits per heavy atom. The molecular formula is C30H40O5Si. The summed E-state index contributed by atoms with van der Waals surface area (Å²) in [5.41, 5.74) is 0. The van der Waals surface area contributed by atoms with Crippen molar-refractivity contribution in [1.82, 2.24) is 0 Å². The fourth-order valence-electron chi connectivity index (χ4n) is 6.43. The molecule has 2 aromatic carbocycles. The average Bonchev–Trinajstić information content (AvgIpc) is 3.37. The van der Waals surface area contributed by atoms with Gasteiger partial charge in [-0.25, -0.2) is 0 Å². The van der Waals surface area contributed by atoms with Gasteiger partial charge in [0.05, 0.1) is 12.4 Å². The highest BCUT2D eigenvalue weighted by Gasteiger charge is 2.60. The third-order valence-electron chi connectivity index (χ3n) is 8.22. The molecule has 0 radical (unpaired) electrons. The number of hydrogen-bond donors (Lipinski definition) is 1. The van der Waals surface area contributed by atoms with Gasteiger partial charge in [0.1, 0.15) is 6.10 Å². The van der Waals surface area contributed by atoms with Gasteiger partial charge in [-0.05, 0) is 33.8 Å². The van der Waals surface area contributed by atoms with Gasteiger partial charge in [0.2, 0.25) is 5.79 Å².